The topological polar surface area (TPSA) is 0 Å². The van der Waals surface area contributed by atoms with Gasteiger partial charge in [-0.25, -0.2) is 0 Å². The lowest BCUT2D eigenvalue weighted by molar-refractivity contribution is 0.799. The van der Waals surface area contributed by atoms with Crippen LogP contribution in [0.2, 0.25) is 0 Å². The molecule has 0 spiro atoms. The molecule has 0 aliphatic carbocycles. The van der Waals surface area contributed by atoms with Gasteiger partial charge in [0.15, 0.2) is 0 Å². The van der Waals surface area contributed by atoms with Gasteiger partial charge in [0.2, 0.25) is 0 Å². The van der Waals surface area contributed by atoms with Crippen LogP contribution in [-0.2, 0) is 0 Å². The van der Waals surface area contributed by atoms with Gasteiger partial charge in [0.1, 0.15) is 0 Å². The van der Waals surface area contributed by atoms with Crippen molar-refractivity contribution in [2.75, 3.05) is 0 Å². The maximum Gasteiger partial charge on any atom is 0.0370 e. The smallest absolute Gasteiger partial charge is 0.0370 e. The number of rotatable bonds is 3. The van der Waals surface area contributed by atoms with E-state index in [4.69, 9.17) is 11.6 Å². The number of halogens is 1. The molecule has 8 heavy (non-hydrogen) atoms. The number of alkyl halides is 1. The first kappa shape index (κ1) is 8.03. The fraction of sp³-hybridized carbons (Fsp3) is 0.714. The van der Waals surface area contributed by atoms with E-state index < -0.39 is 0 Å². The van der Waals surface area contributed by atoms with E-state index in [1.54, 1.807) is 0 Å². The highest BCUT2D eigenvalue weighted by atomic mass is 35.5. The van der Waals surface area contributed by atoms with Gasteiger partial charge >= 0.3 is 0 Å². The lowest BCUT2D eigenvalue weighted by atomic mass is 10.1. The molecule has 0 heterocycles. The van der Waals surface area contributed by atoms with E-state index in [9.17, 15) is 0 Å². The van der Waals surface area contributed by atoms with Crippen molar-refractivity contribution in [1.29, 1.82) is 0 Å². The molecule has 0 aliphatic rings. The zero-order chi connectivity index (χ0) is 6.57. The number of allylic oxidation sites excluding steroid dienone is 1. The van der Waals surface area contributed by atoms with Crippen LogP contribution in [0.3, 0.4) is 0 Å². The Morgan fingerprint density at radius 2 is 2.25 bits per heavy atom. The molecule has 48 valence electrons. The molecule has 0 aliphatic heterocycles. The van der Waals surface area contributed by atoms with Crippen molar-refractivity contribution in [2.45, 2.75) is 32.1 Å². The average molecular weight is 133 g/mol. The molecular weight excluding hydrogens is 120 g/mol. The molecule has 1 atom stereocenters. The summed E-state index contributed by atoms with van der Waals surface area (Å²) >= 11 is 5.80. The third kappa shape index (κ3) is 4.20. The Morgan fingerprint density at radius 3 is 2.38 bits per heavy atom. The Labute approximate surface area is 56.5 Å². The molecule has 0 bridgehead atoms. The second kappa shape index (κ2) is 3.96. The monoisotopic (exact) mass is 132 g/mol. The van der Waals surface area contributed by atoms with Crippen molar-refractivity contribution < 1.29 is 0 Å². The summed E-state index contributed by atoms with van der Waals surface area (Å²) < 4.78 is 0. The fourth-order valence-corrected chi connectivity index (χ4v) is 0.786. The van der Waals surface area contributed by atoms with E-state index in [0.29, 0.717) is 5.38 Å². The zero-order valence-corrected chi connectivity index (χ0v) is 6.33. The molecule has 0 aromatic rings. The van der Waals surface area contributed by atoms with Gasteiger partial charge in [-0.15, -0.1) is 18.2 Å². The molecule has 0 fully saturated rings. The molecule has 0 aromatic heterocycles. The Balaban J connectivity index is 3.24. The maximum atomic E-state index is 5.80. The SMILES string of the molecule is C=C(C)CC(Cl)CC. The van der Waals surface area contributed by atoms with E-state index >= 15 is 0 Å². The summed E-state index contributed by atoms with van der Waals surface area (Å²) in [6.45, 7) is 7.85. The summed E-state index contributed by atoms with van der Waals surface area (Å²) in [7, 11) is 0. The van der Waals surface area contributed by atoms with E-state index in [1.807, 2.05) is 6.92 Å². The van der Waals surface area contributed by atoms with E-state index in [-0.39, 0.29) is 0 Å². The molecular formula is C7H13Cl. The van der Waals surface area contributed by atoms with Crippen LogP contribution in [0.25, 0.3) is 0 Å². The van der Waals surface area contributed by atoms with Crippen molar-refractivity contribution in [3.63, 3.8) is 0 Å². The fourth-order valence-electron chi connectivity index (χ4n) is 0.522. The number of hydrogen-bond donors (Lipinski definition) is 0. The standard InChI is InChI=1S/C7H13Cl/c1-4-7(8)5-6(2)3/h7H,2,4-5H2,1,3H3. The first-order valence-corrected chi connectivity index (χ1v) is 3.39. The van der Waals surface area contributed by atoms with Crippen LogP contribution in [0, 0.1) is 0 Å². The van der Waals surface area contributed by atoms with Crippen molar-refractivity contribution >= 4 is 11.6 Å². The van der Waals surface area contributed by atoms with Gasteiger partial charge in [-0.1, -0.05) is 12.5 Å². The minimum absolute atomic E-state index is 0.299. The highest BCUT2D eigenvalue weighted by Crippen LogP contribution is 2.10. The van der Waals surface area contributed by atoms with Crippen LogP contribution >= 0.6 is 11.6 Å². The predicted molar refractivity (Wildman–Crippen MR) is 39.4 cm³/mol. The van der Waals surface area contributed by atoms with Gasteiger partial charge in [0.05, 0.1) is 0 Å². The highest BCUT2D eigenvalue weighted by molar-refractivity contribution is 6.20. The normalized spacial score (nSPS) is 13.4. The second-order valence-electron chi connectivity index (χ2n) is 2.17. The molecule has 0 amide bonds. The molecule has 0 radical (unpaired) electrons. The minimum atomic E-state index is 0.299. The van der Waals surface area contributed by atoms with Gasteiger partial charge in [-0.05, 0) is 19.8 Å². The molecule has 1 heteroatoms. The lowest BCUT2D eigenvalue weighted by Crippen LogP contribution is -1.94. The van der Waals surface area contributed by atoms with Crippen LogP contribution in [0.15, 0.2) is 12.2 Å². The molecule has 0 aromatic carbocycles. The minimum Gasteiger partial charge on any atom is -0.123 e. The summed E-state index contributed by atoms with van der Waals surface area (Å²) in [4.78, 5) is 0. The first-order chi connectivity index (χ1) is 3.66. The molecule has 0 N–H and O–H groups in total. The van der Waals surface area contributed by atoms with Gasteiger partial charge in [-0.3, -0.25) is 0 Å². The van der Waals surface area contributed by atoms with Crippen LogP contribution in [-0.4, -0.2) is 5.38 Å². The van der Waals surface area contributed by atoms with Crippen LogP contribution in [0.4, 0.5) is 0 Å². The van der Waals surface area contributed by atoms with E-state index in [2.05, 4.69) is 13.5 Å². The van der Waals surface area contributed by atoms with Gasteiger partial charge < -0.3 is 0 Å². The first-order valence-electron chi connectivity index (χ1n) is 2.95. The summed E-state index contributed by atoms with van der Waals surface area (Å²) in [5.41, 5.74) is 1.17. The van der Waals surface area contributed by atoms with Crippen molar-refractivity contribution in [2.24, 2.45) is 0 Å². The zero-order valence-electron chi connectivity index (χ0n) is 5.58. The Morgan fingerprint density at radius 1 is 1.75 bits per heavy atom. The molecule has 1 unspecified atom stereocenters. The van der Waals surface area contributed by atoms with Crippen LogP contribution < -0.4 is 0 Å². The van der Waals surface area contributed by atoms with Crippen LogP contribution in [0.5, 0.6) is 0 Å². The van der Waals surface area contributed by atoms with Crippen molar-refractivity contribution in [3.8, 4) is 0 Å². The van der Waals surface area contributed by atoms with Gasteiger partial charge in [0, 0.05) is 5.38 Å². The molecule has 0 saturated carbocycles. The summed E-state index contributed by atoms with van der Waals surface area (Å²) in [6, 6.07) is 0. The van der Waals surface area contributed by atoms with Crippen molar-refractivity contribution in [1.82, 2.24) is 0 Å². The third-order valence-corrected chi connectivity index (χ3v) is 1.48. The Kier molecular flexibility index (Phi) is 3.98. The van der Waals surface area contributed by atoms with Gasteiger partial charge in [-0.2, -0.15) is 0 Å². The van der Waals surface area contributed by atoms with Gasteiger partial charge in [0.25, 0.3) is 0 Å². The predicted octanol–water partition coefficient (Wildman–Crippen LogP) is 2.97. The Bertz CT molecular complexity index is 76.5. The van der Waals surface area contributed by atoms with E-state index in [0.717, 1.165) is 12.8 Å². The van der Waals surface area contributed by atoms with Crippen LogP contribution in [0.1, 0.15) is 26.7 Å². The number of hydrogen-bond acceptors (Lipinski definition) is 0. The molecule has 0 saturated heterocycles. The highest BCUT2D eigenvalue weighted by Gasteiger charge is 1.98. The van der Waals surface area contributed by atoms with Crippen molar-refractivity contribution in [3.05, 3.63) is 12.2 Å². The van der Waals surface area contributed by atoms with E-state index in [1.165, 1.54) is 5.57 Å². The average Bonchev–Trinajstić information content (AvgIpc) is 1.65. The Hall–Kier alpha value is 0.0300. The summed E-state index contributed by atoms with van der Waals surface area (Å²) in [5, 5.41) is 0.299. The summed E-state index contributed by atoms with van der Waals surface area (Å²) in [5.74, 6) is 0. The third-order valence-electron chi connectivity index (χ3n) is 1.01. The molecule has 0 nitrogen and oxygen atoms in total. The largest absolute Gasteiger partial charge is 0.123 e. The maximum absolute atomic E-state index is 5.80. The summed E-state index contributed by atoms with van der Waals surface area (Å²) in [6.07, 6.45) is 1.99. The molecule has 0 rings (SSSR count). The quantitative estimate of drug-likeness (QED) is 0.409. The second-order valence-corrected chi connectivity index (χ2v) is 2.78. The lowest BCUT2D eigenvalue weighted by Gasteiger charge is -2.02.